The van der Waals surface area contributed by atoms with E-state index in [1.165, 1.54) is 12.1 Å². The number of pyridine rings is 1. The van der Waals surface area contributed by atoms with E-state index in [4.69, 9.17) is 4.52 Å². The Morgan fingerprint density at radius 1 is 1.17 bits per heavy atom. The first-order valence-corrected chi connectivity index (χ1v) is 9.78. The molecule has 1 fully saturated rings. The molecule has 7 heteroatoms. The molecule has 2 aromatic heterocycles. The van der Waals surface area contributed by atoms with Crippen LogP contribution in [0.2, 0.25) is 0 Å². The van der Waals surface area contributed by atoms with Crippen molar-refractivity contribution >= 4 is 5.91 Å². The molecule has 3 aromatic rings. The van der Waals surface area contributed by atoms with Crippen molar-refractivity contribution in [3.63, 3.8) is 0 Å². The smallest absolute Gasteiger partial charge is 0.290 e. The number of nitrogens with one attached hydrogen (secondary N) is 1. The fourth-order valence-corrected chi connectivity index (χ4v) is 3.65. The molecule has 4 rings (SSSR count). The first-order chi connectivity index (χ1) is 14.2. The van der Waals surface area contributed by atoms with E-state index < -0.39 is 0 Å². The number of likely N-dealkylation sites (tertiary alicyclic amines) is 1. The van der Waals surface area contributed by atoms with Crippen molar-refractivity contribution in [2.24, 2.45) is 0 Å². The van der Waals surface area contributed by atoms with E-state index in [1.807, 2.05) is 24.3 Å². The fourth-order valence-electron chi connectivity index (χ4n) is 3.65. The van der Waals surface area contributed by atoms with Gasteiger partial charge < -0.3 is 9.84 Å². The number of nitrogens with zero attached hydrogens (tertiary/aromatic N) is 3. The third kappa shape index (κ3) is 5.06. The Morgan fingerprint density at radius 3 is 2.76 bits per heavy atom. The van der Waals surface area contributed by atoms with Crippen LogP contribution in [0.15, 0.2) is 59.4 Å². The first kappa shape index (κ1) is 19.3. The third-order valence-corrected chi connectivity index (χ3v) is 5.20. The van der Waals surface area contributed by atoms with Gasteiger partial charge in [-0.1, -0.05) is 17.3 Å². The number of hydrogen-bond acceptors (Lipinski definition) is 5. The Kier molecular flexibility index (Phi) is 5.95. The van der Waals surface area contributed by atoms with Crippen molar-refractivity contribution in [2.45, 2.75) is 31.8 Å². The molecule has 0 bridgehead atoms. The molecule has 1 aromatic carbocycles. The zero-order chi connectivity index (χ0) is 20.1. The topological polar surface area (TPSA) is 71.3 Å². The Hall–Kier alpha value is -3.06. The molecule has 3 heterocycles. The van der Waals surface area contributed by atoms with E-state index in [9.17, 15) is 9.18 Å². The van der Waals surface area contributed by atoms with Crippen molar-refractivity contribution in [3.05, 3.63) is 83.3 Å². The Bertz CT molecular complexity index is 943. The third-order valence-electron chi connectivity index (χ3n) is 5.20. The highest BCUT2D eigenvalue weighted by atomic mass is 19.1. The summed E-state index contributed by atoms with van der Waals surface area (Å²) in [5.74, 6) is -0.0541. The molecule has 0 aliphatic carbocycles. The van der Waals surface area contributed by atoms with Crippen molar-refractivity contribution in [2.75, 3.05) is 13.1 Å². The molecular formula is C22H23FN4O2. The lowest BCUT2D eigenvalue weighted by atomic mass is 9.94. The van der Waals surface area contributed by atoms with Gasteiger partial charge in [0, 0.05) is 44.0 Å². The molecule has 1 saturated heterocycles. The van der Waals surface area contributed by atoms with Crippen LogP contribution in [-0.4, -0.2) is 34.0 Å². The predicted octanol–water partition coefficient (Wildman–Crippen LogP) is 3.52. The second kappa shape index (κ2) is 8.96. The number of aromatic nitrogens is 2. The van der Waals surface area contributed by atoms with Gasteiger partial charge in [0.15, 0.2) is 0 Å². The minimum atomic E-state index is -0.278. The first-order valence-electron chi connectivity index (χ1n) is 9.78. The maximum Gasteiger partial charge on any atom is 0.290 e. The van der Waals surface area contributed by atoms with Gasteiger partial charge in [0.1, 0.15) is 5.82 Å². The van der Waals surface area contributed by atoms with E-state index in [0.717, 1.165) is 49.3 Å². The highest BCUT2D eigenvalue weighted by molar-refractivity contribution is 5.91. The lowest BCUT2D eigenvalue weighted by Gasteiger charge is -2.31. The Labute approximate surface area is 168 Å². The molecule has 0 radical (unpaired) electrons. The van der Waals surface area contributed by atoms with Crippen LogP contribution in [-0.2, 0) is 13.1 Å². The van der Waals surface area contributed by atoms with Crippen LogP contribution >= 0.6 is 0 Å². The van der Waals surface area contributed by atoms with Crippen LogP contribution in [0.4, 0.5) is 4.39 Å². The fraction of sp³-hybridized carbons (Fsp3) is 0.318. The van der Waals surface area contributed by atoms with E-state index >= 15 is 0 Å². The summed E-state index contributed by atoms with van der Waals surface area (Å²) in [5, 5.41) is 6.98. The van der Waals surface area contributed by atoms with E-state index in [-0.39, 0.29) is 23.4 Å². The van der Waals surface area contributed by atoms with E-state index in [0.29, 0.717) is 6.54 Å². The Morgan fingerprint density at radius 2 is 1.97 bits per heavy atom. The van der Waals surface area contributed by atoms with Crippen molar-refractivity contribution < 1.29 is 13.7 Å². The molecule has 1 aliphatic heterocycles. The highest BCUT2D eigenvalue weighted by Gasteiger charge is 2.25. The lowest BCUT2D eigenvalue weighted by molar-refractivity contribution is 0.0913. The minimum absolute atomic E-state index is 0.217. The van der Waals surface area contributed by atoms with Gasteiger partial charge in [0.2, 0.25) is 5.76 Å². The van der Waals surface area contributed by atoms with Crippen LogP contribution in [0.5, 0.6) is 0 Å². The standard InChI is InChI=1S/C22H23FN4O2/c23-19-5-3-17(4-6-19)14-27-11-1-2-18(15-27)20-12-21(29-26-20)22(28)25-13-16-7-9-24-10-8-16/h3-10,12,18H,1-2,11,13-15H2,(H,25,28). The maximum absolute atomic E-state index is 13.1. The van der Waals surface area contributed by atoms with Gasteiger partial charge in [0.25, 0.3) is 5.91 Å². The summed E-state index contributed by atoms with van der Waals surface area (Å²) in [6.07, 6.45) is 5.43. The molecule has 150 valence electrons. The summed E-state index contributed by atoms with van der Waals surface area (Å²) in [4.78, 5) is 18.6. The van der Waals surface area contributed by atoms with Gasteiger partial charge in [-0.2, -0.15) is 0 Å². The summed E-state index contributed by atoms with van der Waals surface area (Å²) >= 11 is 0. The average Bonchev–Trinajstić information content (AvgIpc) is 3.25. The second-order valence-corrected chi connectivity index (χ2v) is 7.35. The van der Waals surface area contributed by atoms with Crippen LogP contribution in [0, 0.1) is 5.82 Å². The largest absolute Gasteiger partial charge is 0.351 e. The predicted molar refractivity (Wildman–Crippen MR) is 106 cm³/mol. The molecular weight excluding hydrogens is 371 g/mol. The summed E-state index contributed by atoms with van der Waals surface area (Å²) in [6, 6.07) is 12.1. The van der Waals surface area contributed by atoms with Gasteiger partial charge in [-0.05, 0) is 54.8 Å². The number of rotatable bonds is 6. The minimum Gasteiger partial charge on any atom is -0.351 e. The zero-order valence-electron chi connectivity index (χ0n) is 16.1. The van der Waals surface area contributed by atoms with Gasteiger partial charge in [-0.15, -0.1) is 0 Å². The molecule has 29 heavy (non-hydrogen) atoms. The molecule has 1 atom stereocenters. The lowest BCUT2D eigenvalue weighted by Crippen LogP contribution is -2.34. The summed E-state index contributed by atoms with van der Waals surface area (Å²) < 4.78 is 18.4. The molecule has 1 N–H and O–H groups in total. The number of benzene rings is 1. The number of piperidine rings is 1. The van der Waals surface area contributed by atoms with Crippen LogP contribution in [0.1, 0.15) is 46.1 Å². The zero-order valence-corrected chi connectivity index (χ0v) is 16.1. The van der Waals surface area contributed by atoms with Gasteiger partial charge >= 0.3 is 0 Å². The SMILES string of the molecule is O=C(NCc1ccncc1)c1cc(C2CCCN(Cc3ccc(F)cc3)C2)no1. The number of amides is 1. The van der Waals surface area contributed by atoms with Crippen molar-refractivity contribution in [1.29, 1.82) is 0 Å². The van der Waals surface area contributed by atoms with E-state index in [1.54, 1.807) is 18.5 Å². The molecule has 1 unspecified atom stereocenters. The average molecular weight is 394 g/mol. The van der Waals surface area contributed by atoms with Crippen molar-refractivity contribution in [1.82, 2.24) is 20.4 Å². The quantitative estimate of drug-likeness (QED) is 0.693. The van der Waals surface area contributed by atoms with Gasteiger partial charge in [-0.3, -0.25) is 14.7 Å². The molecule has 1 amide bonds. The van der Waals surface area contributed by atoms with Crippen LogP contribution < -0.4 is 5.32 Å². The number of halogens is 1. The molecule has 0 spiro atoms. The van der Waals surface area contributed by atoms with E-state index in [2.05, 4.69) is 20.4 Å². The summed E-state index contributed by atoms with van der Waals surface area (Å²) in [5.41, 5.74) is 2.86. The summed E-state index contributed by atoms with van der Waals surface area (Å²) in [6.45, 7) is 3.01. The number of hydrogen-bond donors (Lipinski definition) is 1. The van der Waals surface area contributed by atoms with Gasteiger partial charge in [0.05, 0.1) is 5.69 Å². The van der Waals surface area contributed by atoms with Gasteiger partial charge in [-0.25, -0.2) is 4.39 Å². The van der Waals surface area contributed by atoms with Crippen LogP contribution in [0.25, 0.3) is 0 Å². The normalized spacial score (nSPS) is 17.2. The van der Waals surface area contributed by atoms with Crippen LogP contribution in [0.3, 0.4) is 0 Å². The number of carbonyl (C=O) groups excluding carboxylic acids is 1. The number of carbonyl (C=O) groups is 1. The van der Waals surface area contributed by atoms with Crippen molar-refractivity contribution in [3.8, 4) is 0 Å². The maximum atomic E-state index is 13.1. The molecule has 1 aliphatic rings. The highest BCUT2D eigenvalue weighted by Crippen LogP contribution is 2.27. The second-order valence-electron chi connectivity index (χ2n) is 7.35. The monoisotopic (exact) mass is 394 g/mol. The molecule has 6 nitrogen and oxygen atoms in total. The molecule has 0 saturated carbocycles. The summed E-state index contributed by atoms with van der Waals surface area (Å²) in [7, 11) is 0. The Balaban J connectivity index is 1.34.